The molecule has 0 aliphatic heterocycles. The number of amides is 1. The SMILES string of the molecule is COc1ccc(N(CC(=O)Nc2cc(C(F)(F)F)ccc2Cl)S(=O)(=O)c2ccccc2)cc1. The number of benzene rings is 3. The Morgan fingerprint density at radius 2 is 1.67 bits per heavy atom. The van der Waals surface area contributed by atoms with Gasteiger partial charge in [0.25, 0.3) is 10.0 Å². The van der Waals surface area contributed by atoms with Gasteiger partial charge in [0.1, 0.15) is 12.3 Å². The molecule has 0 radical (unpaired) electrons. The fourth-order valence-corrected chi connectivity index (χ4v) is 4.51. The summed E-state index contributed by atoms with van der Waals surface area (Å²) >= 11 is 5.94. The normalized spacial score (nSPS) is 11.7. The molecule has 11 heteroatoms. The number of carbonyl (C=O) groups is 1. The molecule has 174 valence electrons. The number of nitrogens with zero attached hydrogens (tertiary/aromatic N) is 1. The second-order valence-electron chi connectivity index (χ2n) is 6.76. The molecule has 0 atom stereocenters. The second kappa shape index (κ2) is 9.72. The molecule has 0 unspecified atom stereocenters. The number of halogens is 4. The molecule has 3 aromatic rings. The molecule has 0 saturated heterocycles. The Morgan fingerprint density at radius 1 is 1.03 bits per heavy atom. The average molecular weight is 499 g/mol. The molecule has 1 amide bonds. The van der Waals surface area contributed by atoms with Crippen molar-refractivity contribution in [1.82, 2.24) is 0 Å². The lowest BCUT2D eigenvalue weighted by Gasteiger charge is -2.24. The predicted molar refractivity (Wildman–Crippen MR) is 119 cm³/mol. The molecule has 3 aromatic carbocycles. The van der Waals surface area contributed by atoms with Crippen molar-refractivity contribution in [3.63, 3.8) is 0 Å². The average Bonchev–Trinajstić information content (AvgIpc) is 2.79. The van der Waals surface area contributed by atoms with E-state index in [1.807, 2.05) is 0 Å². The van der Waals surface area contributed by atoms with Crippen LogP contribution in [-0.4, -0.2) is 28.0 Å². The molecule has 3 rings (SSSR count). The number of rotatable bonds is 7. The molecule has 0 aromatic heterocycles. The molecule has 0 heterocycles. The van der Waals surface area contributed by atoms with Crippen molar-refractivity contribution in [2.75, 3.05) is 23.3 Å². The Balaban J connectivity index is 1.94. The summed E-state index contributed by atoms with van der Waals surface area (Å²) in [5.74, 6) is -0.414. The van der Waals surface area contributed by atoms with Gasteiger partial charge in [0.15, 0.2) is 0 Å². The molecule has 33 heavy (non-hydrogen) atoms. The highest BCUT2D eigenvalue weighted by Crippen LogP contribution is 2.34. The van der Waals surface area contributed by atoms with Crippen LogP contribution in [0.1, 0.15) is 5.56 Å². The second-order valence-corrected chi connectivity index (χ2v) is 9.03. The third-order valence-corrected chi connectivity index (χ3v) is 6.66. The maximum Gasteiger partial charge on any atom is 0.416 e. The molecule has 0 aliphatic rings. The monoisotopic (exact) mass is 498 g/mol. The van der Waals surface area contributed by atoms with Crippen LogP contribution in [-0.2, 0) is 21.0 Å². The minimum Gasteiger partial charge on any atom is -0.497 e. The number of hydrogen-bond donors (Lipinski definition) is 1. The first-order valence-electron chi connectivity index (χ1n) is 9.41. The standard InChI is InChI=1S/C22H18ClF3N2O4S/c1-32-17-10-8-16(9-11-17)28(33(30,31)18-5-3-2-4-6-18)14-21(29)27-20-13-15(22(24,25)26)7-12-19(20)23/h2-13H,14H2,1H3,(H,27,29). The molecule has 0 spiro atoms. The van der Waals surface area contributed by atoms with Gasteiger partial charge in [0.2, 0.25) is 5.91 Å². The number of nitrogens with one attached hydrogen (secondary N) is 1. The summed E-state index contributed by atoms with van der Waals surface area (Å²) in [6.45, 7) is -0.712. The highest BCUT2D eigenvalue weighted by atomic mass is 35.5. The zero-order valence-electron chi connectivity index (χ0n) is 17.1. The summed E-state index contributed by atoms with van der Waals surface area (Å²) in [7, 11) is -2.74. The minimum atomic E-state index is -4.64. The van der Waals surface area contributed by atoms with E-state index >= 15 is 0 Å². The quantitative estimate of drug-likeness (QED) is 0.486. The highest BCUT2D eigenvalue weighted by Gasteiger charge is 2.32. The summed E-state index contributed by atoms with van der Waals surface area (Å²) in [5.41, 5.74) is -1.14. The van der Waals surface area contributed by atoms with Gasteiger partial charge in [-0.25, -0.2) is 8.42 Å². The molecular formula is C22H18ClF3N2O4S. The first-order chi connectivity index (χ1) is 15.5. The Labute approximate surface area is 193 Å². The van der Waals surface area contributed by atoms with E-state index in [-0.39, 0.29) is 21.3 Å². The first-order valence-corrected chi connectivity index (χ1v) is 11.2. The lowest BCUT2D eigenvalue weighted by Crippen LogP contribution is -2.38. The predicted octanol–water partition coefficient (Wildman–Crippen LogP) is 5.20. The molecule has 0 saturated carbocycles. The van der Waals surface area contributed by atoms with Crippen molar-refractivity contribution >= 4 is 38.9 Å². The van der Waals surface area contributed by atoms with Crippen LogP contribution in [0.5, 0.6) is 5.75 Å². The van der Waals surface area contributed by atoms with Gasteiger partial charge in [-0.05, 0) is 54.6 Å². The van der Waals surface area contributed by atoms with Crippen LogP contribution in [0.2, 0.25) is 5.02 Å². The molecule has 0 fully saturated rings. The number of anilines is 2. The lowest BCUT2D eigenvalue weighted by molar-refractivity contribution is -0.137. The van der Waals surface area contributed by atoms with Crippen LogP contribution in [0.4, 0.5) is 24.5 Å². The van der Waals surface area contributed by atoms with E-state index in [0.717, 1.165) is 16.4 Å². The van der Waals surface area contributed by atoms with Gasteiger partial charge in [-0.2, -0.15) is 13.2 Å². The van der Waals surface area contributed by atoms with E-state index in [4.69, 9.17) is 16.3 Å². The fourth-order valence-electron chi connectivity index (χ4n) is 2.90. The Hall–Kier alpha value is -3.24. The number of sulfonamides is 1. The number of carbonyl (C=O) groups excluding carboxylic acids is 1. The topological polar surface area (TPSA) is 75.7 Å². The zero-order chi connectivity index (χ0) is 24.2. The number of methoxy groups -OCH3 is 1. The van der Waals surface area contributed by atoms with Gasteiger partial charge in [-0.3, -0.25) is 9.10 Å². The van der Waals surface area contributed by atoms with Gasteiger partial charge in [0, 0.05) is 0 Å². The van der Waals surface area contributed by atoms with E-state index in [2.05, 4.69) is 5.32 Å². The third kappa shape index (κ3) is 5.77. The zero-order valence-corrected chi connectivity index (χ0v) is 18.7. The van der Waals surface area contributed by atoms with Crippen molar-refractivity contribution in [3.05, 3.63) is 83.4 Å². The van der Waals surface area contributed by atoms with Crippen molar-refractivity contribution in [2.24, 2.45) is 0 Å². The molecular weight excluding hydrogens is 481 g/mol. The Morgan fingerprint density at radius 3 is 2.24 bits per heavy atom. The van der Waals surface area contributed by atoms with E-state index < -0.39 is 34.2 Å². The summed E-state index contributed by atoms with van der Waals surface area (Å²) in [6, 6.07) is 15.8. The van der Waals surface area contributed by atoms with E-state index in [1.165, 1.54) is 55.6 Å². The number of ether oxygens (including phenoxy) is 1. The van der Waals surface area contributed by atoms with Crippen molar-refractivity contribution < 1.29 is 31.1 Å². The van der Waals surface area contributed by atoms with E-state index in [9.17, 15) is 26.4 Å². The summed E-state index contributed by atoms with van der Waals surface area (Å²) in [4.78, 5) is 12.7. The van der Waals surface area contributed by atoms with Gasteiger partial charge < -0.3 is 10.1 Å². The van der Waals surface area contributed by atoms with Gasteiger partial charge in [-0.1, -0.05) is 29.8 Å². The number of alkyl halides is 3. The molecule has 0 aliphatic carbocycles. The summed E-state index contributed by atoms with van der Waals surface area (Å²) < 4.78 is 71.5. The van der Waals surface area contributed by atoms with Crippen LogP contribution in [0, 0.1) is 0 Å². The maximum absolute atomic E-state index is 13.3. The third-order valence-electron chi connectivity index (χ3n) is 4.55. The van der Waals surface area contributed by atoms with Gasteiger partial charge in [-0.15, -0.1) is 0 Å². The van der Waals surface area contributed by atoms with Gasteiger partial charge >= 0.3 is 6.18 Å². The summed E-state index contributed by atoms with van der Waals surface area (Å²) in [6.07, 6.45) is -4.64. The van der Waals surface area contributed by atoms with E-state index in [1.54, 1.807) is 6.07 Å². The van der Waals surface area contributed by atoms with Crippen molar-refractivity contribution in [2.45, 2.75) is 11.1 Å². The minimum absolute atomic E-state index is 0.0641. The Kier molecular flexibility index (Phi) is 7.19. The van der Waals surface area contributed by atoms with Crippen LogP contribution in [0.3, 0.4) is 0 Å². The first kappa shape index (κ1) is 24.4. The Bertz CT molecular complexity index is 1230. The van der Waals surface area contributed by atoms with Gasteiger partial charge in [0.05, 0.1) is 34.0 Å². The summed E-state index contributed by atoms with van der Waals surface area (Å²) in [5, 5.41) is 2.14. The van der Waals surface area contributed by atoms with Crippen molar-refractivity contribution in [1.29, 1.82) is 0 Å². The molecule has 1 N–H and O–H groups in total. The highest BCUT2D eigenvalue weighted by molar-refractivity contribution is 7.92. The smallest absolute Gasteiger partial charge is 0.416 e. The molecule has 6 nitrogen and oxygen atoms in total. The van der Waals surface area contributed by atoms with Crippen molar-refractivity contribution in [3.8, 4) is 5.75 Å². The van der Waals surface area contributed by atoms with Crippen LogP contribution in [0.25, 0.3) is 0 Å². The van der Waals surface area contributed by atoms with Crippen LogP contribution < -0.4 is 14.4 Å². The maximum atomic E-state index is 13.3. The van der Waals surface area contributed by atoms with E-state index in [0.29, 0.717) is 11.8 Å². The van der Waals surface area contributed by atoms with Crippen LogP contribution >= 0.6 is 11.6 Å². The molecule has 0 bridgehead atoms. The largest absolute Gasteiger partial charge is 0.497 e. The number of hydrogen-bond acceptors (Lipinski definition) is 4. The lowest BCUT2D eigenvalue weighted by atomic mass is 10.2. The van der Waals surface area contributed by atoms with Crippen LogP contribution in [0.15, 0.2) is 77.7 Å². The fraction of sp³-hybridized carbons (Fsp3) is 0.136.